The Labute approximate surface area is 115 Å². The molecular weight excluding hydrogens is 260 g/mol. The highest BCUT2D eigenvalue weighted by molar-refractivity contribution is 6.06. The molecule has 1 saturated heterocycles. The van der Waals surface area contributed by atoms with Crippen molar-refractivity contribution in [2.45, 2.75) is 12.2 Å². The van der Waals surface area contributed by atoms with Crippen LogP contribution in [0.15, 0.2) is 29.4 Å². The Balaban J connectivity index is 1.88. The van der Waals surface area contributed by atoms with Gasteiger partial charge in [0.15, 0.2) is 0 Å². The number of fused-ring (bicyclic) bond motifs is 2. The van der Waals surface area contributed by atoms with E-state index in [1.165, 1.54) is 0 Å². The Morgan fingerprint density at radius 2 is 2.10 bits per heavy atom. The number of para-hydroxylation sites is 1. The predicted molar refractivity (Wildman–Crippen MR) is 71.0 cm³/mol. The van der Waals surface area contributed by atoms with Gasteiger partial charge in [0.05, 0.1) is 18.9 Å². The summed E-state index contributed by atoms with van der Waals surface area (Å²) in [6, 6.07) is 7.47. The number of benzene rings is 1. The minimum absolute atomic E-state index is 0.197. The number of ether oxygens (including phenoxy) is 2. The number of hydrogen-bond donors (Lipinski definition) is 0. The van der Waals surface area contributed by atoms with Crippen molar-refractivity contribution in [1.82, 2.24) is 0 Å². The summed E-state index contributed by atoms with van der Waals surface area (Å²) in [4.78, 5) is 17.0. The van der Waals surface area contributed by atoms with Crippen molar-refractivity contribution in [1.29, 1.82) is 0 Å². The molecular formula is C13H14N4O3. The molecule has 1 aromatic rings. The minimum Gasteiger partial charge on any atom is -0.336 e. The first-order valence-electron chi connectivity index (χ1n) is 6.50. The molecule has 0 radical (unpaired) electrons. The molecule has 1 fully saturated rings. The largest absolute Gasteiger partial charge is 0.336 e. The van der Waals surface area contributed by atoms with Crippen LogP contribution < -0.4 is 4.90 Å². The topological polar surface area (TPSA) is 87.5 Å². The van der Waals surface area contributed by atoms with E-state index >= 15 is 0 Å². The molecule has 20 heavy (non-hydrogen) atoms. The van der Waals surface area contributed by atoms with Crippen LogP contribution in [0.5, 0.6) is 0 Å². The Kier molecular flexibility index (Phi) is 3.31. The Morgan fingerprint density at radius 3 is 2.85 bits per heavy atom. The Morgan fingerprint density at radius 1 is 1.35 bits per heavy atom. The third kappa shape index (κ3) is 1.84. The summed E-state index contributed by atoms with van der Waals surface area (Å²) in [7, 11) is 0. The second-order valence-corrected chi connectivity index (χ2v) is 4.60. The standard InChI is InChI=1S/C13H14N4O3/c14-16-15-6-3-7-17-11-5-2-1-4-10(11)13(12(17)18)19-8-9-20-13/h1-2,4-5H,3,6-9H2. The van der Waals surface area contributed by atoms with Gasteiger partial charge in [-0.1, -0.05) is 23.3 Å². The zero-order chi connectivity index (χ0) is 14.0. The molecule has 2 aliphatic rings. The van der Waals surface area contributed by atoms with Crippen molar-refractivity contribution in [3.05, 3.63) is 40.3 Å². The maximum atomic E-state index is 12.6. The number of hydrogen-bond acceptors (Lipinski definition) is 4. The fourth-order valence-corrected chi connectivity index (χ4v) is 2.65. The van der Waals surface area contributed by atoms with Gasteiger partial charge in [0.1, 0.15) is 0 Å². The van der Waals surface area contributed by atoms with Gasteiger partial charge in [-0.3, -0.25) is 4.79 Å². The molecule has 0 N–H and O–H groups in total. The van der Waals surface area contributed by atoms with E-state index in [0.29, 0.717) is 32.7 Å². The van der Waals surface area contributed by atoms with Gasteiger partial charge in [-0.05, 0) is 18.0 Å². The average Bonchev–Trinajstić information content (AvgIpc) is 3.05. The third-order valence-electron chi connectivity index (χ3n) is 3.47. The van der Waals surface area contributed by atoms with Crippen LogP contribution in [-0.4, -0.2) is 32.2 Å². The number of carbonyl (C=O) groups excluding carboxylic acids is 1. The van der Waals surface area contributed by atoms with E-state index in [0.717, 1.165) is 11.3 Å². The summed E-state index contributed by atoms with van der Waals surface area (Å²) >= 11 is 0. The SMILES string of the molecule is [N-]=[N+]=NCCCN1C(=O)C2(OCCO2)c2ccccc21. The van der Waals surface area contributed by atoms with E-state index in [1.54, 1.807) is 4.90 Å². The van der Waals surface area contributed by atoms with Gasteiger partial charge in [-0.2, -0.15) is 0 Å². The summed E-state index contributed by atoms with van der Waals surface area (Å²) in [6.07, 6.45) is 0.597. The molecule has 1 aromatic carbocycles. The van der Waals surface area contributed by atoms with Crippen LogP contribution in [0.25, 0.3) is 10.4 Å². The maximum absolute atomic E-state index is 12.6. The van der Waals surface area contributed by atoms with Crippen LogP contribution in [0.4, 0.5) is 5.69 Å². The van der Waals surface area contributed by atoms with Crippen LogP contribution in [-0.2, 0) is 20.1 Å². The maximum Gasteiger partial charge on any atom is 0.292 e. The Hall–Kier alpha value is -2.08. The predicted octanol–water partition coefficient (Wildman–Crippen LogP) is 1.93. The van der Waals surface area contributed by atoms with Gasteiger partial charge in [0.2, 0.25) is 0 Å². The fourth-order valence-electron chi connectivity index (χ4n) is 2.65. The lowest BCUT2D eigenvalue weighted by atomic mass is 10.1. The van der Waals surface area contributed by atoms with Crippen molar-refractivity contribution in [3.63, 3.8) is 0 Å². The first-order valence-corrected chi connectivity index (χ1v) is 6.50. The van der Waals surface area contributed by atoms with Crippen LogP contribution in [0.3, 0.4) is 0 Å². The number of amides is 1. The molecule has 3 rings (SSSR count). The summed E-state index contributed by atoms with van der Waals surface area (Å²) in [5.41, 5.74) is 9.83. The quantitative estimate of drug-likeness (QED) is 0.364. The molecule has 1 spiro atoms. The number of anilines is 1. The molecule has 2 aliphatic heterocycles. The first-order chi connectivity index (χ1) is 9.79. The highest BCUT2D eigenvalue weighted by Gasteiger charge is 2.55. The normalized spacial score (nSPS) is 19.2. The lowest BCUT2D eigenvalue weighted by molar-refractivity contribution is -0.180. The summed E-state index contributed by atoms with van der Waals surface area (Å²) < 4.78 is 11.2. The first kappa shape index (κ1) is 12.9. The number of carbonyl (C=O) groups is 1. The molecule has 2 heterocycles. The van der Waals surface area contributed by atoms with Crippen molar-refractivity contribution in [3.8, 4) is 0 Å². The molecule has 104 valence electrons. The van der Waals surface area contributed by atoms with Gasteiger partial charge in [0, 0.05) is 23.6 Å². The molecule has 1 amide bonds. The van der Waals surface area contributed by atoms with Crippen LogP contribution in [0.1, 0.15) is 12.0 Å². The van der Waals surface area contributed by atoms with Crippen molar-refractivity contribution >= 4 is 11.6 Å². The van der Waals surface area contributed by atoms with Gasteiger partial charge in [-0.25, -0.2) is 0 Å². The number of azide groups is 1. The summed E-state index contributed by atoms with van der Waals surface area (Å²) in [6.45, 7) is 1.65. The van der Waals surface area contributed by atoms with Gasteiger partial charge in [0.25, 0.3) is 11.7 Å². The third-order valence-corrected chi connectivity index (χ3v) is 3.47. The molecule has 0 aromatic heterocycles. The second kappa shape index (κ2) is 5.13. The van der Waals surface area contributed by atoms with Crippen molar-refractivity contribution < 1.29 is 14.3 Å². The molecule has 0 bridgehead atoms. The van der Waals surface area contributed by atoms with Gasteiger partial charge < -0.3 is 14.4 Å². The van der Waals surface area contributed by atoms with Crippen LogP contribution in [0.2, 0.25) is 0 Å². The van der Waals surface area contributed by atoms with Crippen LogP contribution >= 0.6 is 0 Å². The summed E-state index contributed by atoms with van der Waals surface area (Å²) in [5.74, 6) is -1.47. The summed E-state index contributed by atoms with van der Waals surface area (Å²) in [5, 5.41) is 3.48. The lowest BCUT2D eigenvalue weighted by Crippen LogP contribution is -2.41. The molecule has 0 saturated carbocycles. The second-order valence-electron chi connectivity index (χ2n) is 4.60. The van der Waals surface area contributed by atoms with E-state index in [4.69, 9.17) is 15.0 Å². The van der Waals surface area contributed by atoms with Gasteiger partial charge in [-0.15, -0.1) is 0 Å². The fraction of sp³-hybridized carbons (Fsp3) is 0.462. The van der Waals surface area contributed by atoms with E-state index in [9.17, 15) is 4.79 Å². The minimum atomic E-state index is -1.27. The van der Waals surface area contributed by atoms with E-state index < -0.39 is 5.79 Å². The highest BCUT2D eigenvalue weighted by Crippen LogP contribution is 2.45. The van der Waals surface area contributed by atoms with E-state index in [2.05, 4.69) is 10.0 Å². The molecule has 7 nitrogen and oxygen atoms in total. The molecule has 7 heteroatoms. The molecule has 0 atom stereocenters. The number of rotatable bonds is 4. The van der Waals surface area contributed by atoms with E-state index in [1.807, 2.05) is 24.3 Å². The lowest BCUT2D eigenvalue weighted by Gasteiger charge is -2.21. The highest BCUT2D eigenvalue weighted by atomic mass is 16.7. The van der Waals surface area contributed by atoms with Crippen LogP contribution in [0, 0.1) is 0 Å². The van der Waals surface area contributed by atoms with E-state index in [-0.39, 0.29) is 5.91 Å². The zero-order valence-corrected chi connectivity index (χ0v) is 10.9. The van der Waals surface area contributed by atoms with Crippen molar-refractivity contribution in [2.24, 2.45) is 5.11 Å². The smallest absolute Gasteiger partial charge is 0.292 e. The Bertz CT molecular complexity index is 577. The molecule has 0 aliphatic carbocycles. The van der Waals surface area contributed by atoms with Crippen molar-refractivity contribution in [2.75, 3.05) is 31.2 Å². The van der Waals surface area contributed by atoms with Gasteiger partial charge >= 0.3 is 0 Å². The average molecular weight is 274 g/mol. The molecule has 0 unspecified atom stereocenters. The zero-order valence-electron chi connectivity index (χ0n) is 10.9. The monoisotopic (exact) mass is 274 g/mol. The number of nitrogens with zero attached hydrogens (tertiary/aromatic N) is 4.